The Bertz CT molecular complexity index is 1030. The number of benzene rings is 2. The van der Waals surface area contributed by atoms with Gasteiger partial charge in [-0.05, 0) is 42.3 Å². The van der Waals surface area contributed by atoms with E-state index in [4.69, 9.17) is 4.74 Å². The Kier molecular flexibility index (Phi) is 4.73. The molecule has 1 atom stereocenters. The summed E-state index contributed by atoms with van der Waals surface area (Å²) in [7, 11) is 2.12. The molecule has 3 heterocycles. The lowest BCUT2D eigenvalue weighted by Crippen LogP contribution is -2.38. The van der Waals surface area contributed by atoms with E-state index in [-0.39, 0.29) is 12.1 Å². The highest BCUT2D eigenvalue weighted by atomic mass is 32.1. The number of ether oxygens (including phenoxy) is 1. The first-order valence-electron chi connectivity index (χ1n) is 9.84. The van der Waals surface area contributed by atoms with Crippen molar-refractivity contribution in [3.05, 3.63) is 81.7 Å². The van der Waals surface area contributed by atoms with E-state index in [9.17, 15) is 4.79 Å². The zero-order valence-corrected chi connectivity index (χ0v) is 17.1. The van der Waals surface area contributed by atoms with Crippen LogP contribution < -0.4 is 15.4 Å². The van der Waals surface area contributed by atoms with E-state index in [1.54, 1.807) is 11.3 Å². The summed E-state index contributed by atoms with van der Waals surface area (Å²) in [4.78, 5) is 16.4. The van der Waals surface area contributed by atoms with E-state index in [0.717, 1.165) is 47.0 Å². The van der Waals surface area contributed by atoms with Crippen molar-refractivity contribution in [1.82, 2.24) is 10.2 Å². The van der Waals surface area contributed by atoms with E-state index in [0.29, 0.717) is 6.61 Å². The minimum Gasteiger partial charge on any atom is -0.489 e. The van der Waals surface area contributed by atoms with Gasteiger partial charge in [0.05, 0.1) is 5.56 Å². The van der Waals surface area contributed by atoms with Crippen LogP contribution in [0.2, 0.25) is 0 Å². The molecule has 0 saturated carbocycles. The molecule has 2 aliphatic rings. The molecule has 5 nitrogen and oxygen atoms in total. The number of thiophene rings is 1. The van der Waals surface area contributed by atoms with Crippen molar-refractivity contribution in [2.24, 2.45) is 0 Å². The molecule has 0 aliphatic carbocycles. The average molecular weight is 406 g/mol. The fraction of sp³-hybridized carbons (Fsp3) is 0.261. The quantitative estimate of drug-likeness (QED) is 0.684. The Morgan fingerprint density at radius 3 is 2.69 bits per heavy atom. The summed E-state index contributed by atoms with van der Waals surface area (Å²) in [5.41, 5.74) is 4.21. The van der Waals surface area contributed by atoms with Crippen LogP contribution in [0.4, 0.5) is 5.00 Å². The number of amides is 1. The van der Waals surface area contributed by atoms with Crippen molar-refractivity contribution in [2.75, 3.05) is 18.9 Å². The van der Waals surface area contributed by atoms with E-state index in [1.807, 2.05) is 54.6 Å². The van der Waals surface area contributed by atoms with Gasteiger partial charge in [-0.1, -0.05) is 42.5 Å². The van der Waals surface area contributed by atoms with Gasteiger partial charge < -0.3 is 20.3 Å². The molecule has 3 aromatic rings. The van der Waals surface area contributed by atoms with Crippen LogP contribution in [0.5, 0.6) is 5.75 Å². The maximum Gasteiger partial charge on any atom is 0.256 e. The molecule has 0 radical (unpaired) electrons. The predicted molar refractivity (Wildman–Crippen MR) is 115 cm³/mol. The summed E-state index contributed by atoms with van der Waals surface area (Å²) < 4.78 is 5.87. The molecule has 0 fully saturated rings. The smallest absolute Gasteiger partial charge is 0.256 e. The molecule has 2 N–H and O–H groups in total. The van der Waals surface area contributed by atoms with Crippen molar-refractivity contribution in [3.63, 3.8) is 0 Å². The first kappa shape index (κ1) is 18.2. The Hall–Kier alpha value is -2.83. The SMILES string of the molecule is CN1CCc2c(sc3c2C(=O)N[C@@H](c2ccc(OCc4ccccc4)cc2)N3)C1. The second kappa shape index (κ2) is 7.54. The van der Waals surface area contributed by atoms with Crippen molar-refractivity contribution in [2.45, 2.75) is 25.7 Å². The Labute approximate surface area is 174 Å². The van der Waals surface area contributed by atoms with Gasteiger partial charge in [0.25, 0.3) is 5.91 Å². The van der Waals surface area contributed by atoms with Crippen LogP contribution in [-0.2, 0) is 19.6 Å². The number of nitrogens with one attached hydrogen (secondary N) is 2. The van der Waals surface area contributed by atoms with Crippen LogP contribution in [-0.4, -0.2) is 24.4 Å². The van der Waals surface area contributed by atoms with Gasteiger partial charge in [-0.3, -0.25) is 4.79 Å². The number of anilines is 1. The van der Waals surface area contributed by atoms with E-state index >= 15 is 0 Å². The molecule has 0 spiro atoms. The number of nitrogens with zero attached hydrogens (tertiary/aromatic N) is 1. The second-order valence-corrected chi connectivity index (χ2v) is 8.69. The summed E-state index contributed by atoms with van der Waals surface area (Å²) >= 11 is 1.71. The van der Waals surface area contributed by atoms with Crippen LogP contribution in [0.1, 0.15) is 38.1 Å². The van der Waals surface area contributed by atoms with Gasteiger partial charge in [0, 0.05) is 18.0 Å². The molecule has 1 aromatic heterocycles. The van der Waals surface area contributed by atoms with E-state index < -0.39 is 0 Å². The number of hydrogen-bond donors (Lipinski definition) is 2. The molecular weight excluding hydrogens is 382 g/mol. The zero-order chi connectivity index (χ0) is 19.8. The predicted octanol–water partition coefficient (Wildman–Crippen LogP) is 4.17. The summed E-state index contributed by atoms with van der Waals surface area (Å²) in [6, 6.07) is 18.0. The van der Waals surface area contributed by atoms with Crippen molar-refractivity contribution < 1.29 is 9.53 Å². The van der Waals surface area contributed by atoms with Crippen molar-refractivity contribution >= 4 is 22.2 Å². The number of carbonyl (C=O) groups is 1. The number of fused-ring (bicyclic) bond motifs is 3. The van der Waals surface area contributed by atoms with Gasteiger partial charge in [-0.15, -0.1) is 11.3 Å². The largest absolute Gasteiger partial charge is 0.489 e. The third-order valence-electron chi connectivity index (χ3n) is 5.49. The van der Waals surface area contributed by atoms with Crippen molar-refractivity contribution in [3.8, 4) is 5.75 Å². The van der Waals surface area contributed by atoms with Gasteiger partial charge in [-0.2, -0.15) is 0 Å². The number of hydrogen-bond acceptors (Lipinski definition) is 5. The Balaban J connectivity index is 1.30. The second-order valence-electron chi connectivity index (χ2n) is 7.59. The van der Waals surface area contributed by atoms with Crippen LogP contribution in [0, 0.1) is 0 Å². The van der Waals surface area contributed by atoms with Crippen molar-refractivity contribution in [1.29, 1.82) is 0 Å². The van der Waals surface area contributed by atoms with Gasteiger partial charge in [0.1, 0.15) is 23.5 Å². The summed E-state index contributed by atoms with van der Waals surface area (Å²) in [6.07, 6.45) is 0.709. The number of rotatable bonds is 4. The minimum absolute atomic E-state index is 0.0233. The minimum atomic E-state index is -0.226. The lowest BCUT2D eigenvalue weighted by atomic mass is 10.0. The first-order valence-corrected chi connectivity index (χ1v) is 10.7. The van der Waals surface area contributed by atoms with Gasteiger partial charge in [0.2, 0.25) is 0 Å². The number of carbonyl (C=O) groups excluding carboxylic acids is 1. The zero-order valence-electron chi connectivity index (χ0n) is 16.3. The summed E-state index contributed by atoms with van der Waals surface area (Å²) in [6.45, 7) is 2.45. The average Bonchev–Trinajstić information content (AvgIpc) is 3.11. The standard InChI is InChI=1S/C23H23N3O2S/c1-26-12-11-18-19(13-26)29-23-20(18)22(27)24-21(25-23)16-7-9-17(10-8-16)28-14-15-5-3-2-4-6-15/h2-10,21,25H,11-14H2,1H3,(H,24,27)/t21-/m1/s1. The molecule has 148 valence electrons. The van der Waals surface area contributed by atoms with Crippen LogP contribution in [0.25, 0.3) is 0 Å². The van der Waals surface area contributed by atoms with Gasteiger partial charge >= 0.3 is 0 Å². The Morgan fingerprint density at radius 2 is 1.90 bits per heavy atom. The molecule has 1 amide bonds. The normalized spacial score (nSPS) is 18.4. The molecule has 0 bridgehead atoms. The van der Waals surface area contributed by atoms with E-state index in [1.165, 1.54) is 10.4 Å². The molecule has 29 heavy (non-hydrogen) atoms. The van der Waals surface area contributed by atoms with Crippen LogP contribution in [0.15, 0.2) is 54.6 Å². The van der Waals surface area contributed by atoms with Crippen LogP contribution in [0.3, 0.4) is 0 Å². The molecule has 0 unspecified atom stereocenters. The highest BCUT2D eigenvalue weighted by Gasteiger charge is 2.32. The lowest BCUT2D eigenvalue weighted by Gasteiger charge is -2.27. The molecule has 0 saturated heterocycles. The summed E-state index contributed by atoms with van der Waals surface area (Å²) in [5, 5.41) is 7.63. The fourth-order valence-electron chi connectivity index (χ4n) is 3.91. The number of likely N-dealkylation sites (N-methyl/N-ethyl adjacent to an activating group) is 1. The molecule has 6 heteroatoms. The van der Waals surface area contributed by atoms with Gasteiger partial charge in [0.15, 0.2) is 0 Å². The highest BCUT2D eigenvalue weighted by Crippen LogP contribution is 2.40. The maximum absolute atomic E-state index is 12.8. The lowest BCUT2D eigenvalue weighted by molar-refractivity contribution is 0.0935. The third-order valence-corrected chi connectivity index (χ3v) is 6.64. The third kappa shape index (κ3) is 3.61. The Morgan fingerprint density at radius 1 is 1.10 bits per heavy atom. The molecular formula is C23H23N3O2S. The topological polar surface area (TPSA) is 53.6 Å². The summed E-state index contributed by atoms with van der Waals surface area (Å²) in [5.74, 6) is 0.838. The maximum atomic E-state index is 12.8. The van der Waals surface area contributed by atoms with Crippen LogP contribution >= 0.6 is 11.3 Å². The monoisotopic (exact) mass is 405 g/mol. The molecule has 2 aromatic carbocycles. The molecule has 2 aliphatic heterocycles. The fourth-order valence-corrected chi connectivity index (χ4v) is 5.26. The first-order chi connectivity index (χ1) is 14.2. The van der Waals surface area contributed by atoms with E-state index in [2.05, 4.69) is 22.6 Å². The van der Waals surface area contributed by atoms with Gasteiger partial charge in [-0.25, -0.2) is 0 Å². The highest BCUT2D eigenvalue weighted by molar-refractivity contribution is 7.16. The molecule has 5 rings (SSSR count).